The molecule has 1 saturated heterocycles. The van der Waals surface area contributed by atoms with Crippen molar-refractivity contribution in [1.82, 2.24) is 10.2 Å². The summed E-state index contributed by atoms with van der Waals surface area (Å²) in [6.07, 6.45) is 2.32. The number of nitrogens with zero attached hydrogens (tertiary/aromatic N) is 1. The van der Waals surface area contributed by atoms with Gasteiger partial charge in [-0.3, -0.25) is 4.90 Å². The van der Waals surface area contributed by atoms with Crippen molar-refractivity contribution in [2.75, 3.05) is 20.1 Å². The predicted octanol–water partition coefficient (Wildman–Crippen LogP) is 2.62. The van der Waals surface area contributed by atoms with Crippen molar-refractivity contribution >= 4 is 11.6 Å². The Hall–Kier alpha value is -0.770. The first-order valence-electron chi connectivity index (χ1n) is 6.41. The minimum atomic E-state index is 0.154. The molecule has 2 rings (SSSR count). The lowest BCUT2D eigenvalue weighted by atomic mass is 9.90. The van der Waals surface area contributed by atoms with Gasteiger partial charge >= 0.3 is 0 Å². The van der Waals surface area contributed by atoms with E-state index in [0.29, 0.717) is 5.02 Å². The Morgan fingerprint density at radius 1 is 1.39 bits per heavy atom. The van der Waals surface area contributed by atoms with Crippen molar-refractivity contribution < 1.29 is 5.11 Å². The van der Waals surface area contributed by atoms with Gasteiger partial charge in [-0.1, -0.05) is 17.7 Å². The van der Waals surface area contributed by atoms with E-state index in [1.165, 1.54) is 0 Å². The summed E-state index contributed by atoms with van der Waals surface area (Å²) in [6, 6.07) is 5.45. The molecule has 1 aromatic carbocycles. The molecule has 0 saturated carbocycles. The van der Waals surface area contributed by atoms with Crippen LogP contribution < -0.4 is 5.32 Å². The van der Waals surface area contributed by atoms with Crippen LogP contribution in [0, 0.1) is 0 Å². The number of halogens is 1. The maximum Gasteiger partial charge on any atom is 0.134 e. The third-order valence-corrected chi connectivity index (χ3v) is 4.28. The molecule has 1 aliphatic heterocycles. The molecular weight excluding hydrogens is 248 g/mol. The summed E-state index contributed by atoms with van der Waals surface area (Å²) in [7, 11) is 2.04. The van der Waals surface area contributed by atoms with Gasteiger partial charge in [0.05, 0.1) is 5.02 Å². The van der Waals surface area contributed by atoms with Crippen molar-refractivity contribution in [3.63, 3.8) is 0 Å². The second-order valence-electron chi connectivity index (χ2n) is 5.37. The molecule has 1 aromatic rings. The van der Waals surface area contributed by atoms with Crippen molar-refractivity contribution in [2.45, 2.75) is 31.8 Å². The topological polar surface area (TPSA) is 35.5 Å². The van der Waals surface area contributed by atoms with Crippen LogP contribution in [0.4, 0.5) is 0 Å². The number of piperidine rings is 1. The summed E-state index contributed by atoms with van der Waals surface area (Å²) >= 11 is 5.92. The van der Waals surface area contributed by atoms with Gasteiger partial charge in [0.25, 0.3) is 0 Å². The second-order valence-corrected chi connectivity index (χ2v) is 5.78. The molecule has 100 valence electrons. The largest absolute Gasteiger partial charge is 0.506 e. The first-order chi connectivity index (χ1) is 8.52. The van der Waals surface area contributed by atoms with Gasteiger partial charge in [-0.05, 0) is 44.5 Å². The van der Waals surface area contributed by atoms with Crippen molar-refractivity contribution in [2.24, 2.45) is 0 Å². The maximum atomic E-state index is 9.40. The van der Waals surface area contributed by atoms with Crippen LogP contribution in [-0.4, -0.2) is 35.7 Å². The van der Waals surface area contributed by atoms with Crippen LogP contribution in [0.3, 0.4) is 0 Å². The molecule has 2 N–H and O–H groups in total. The van der Waals surface area contributed by atoms with Crippen LogP contribution in [0.25, 0.3) is 0 Å². The van der Waals surface area contributed by atoms with Gasteiger partial charge in [-0.25, -0.2) is 0 Å². The highest BCUT2D eigenvalue weighted by atomic mass is 35.5. The van der Waals surface area contributed by atoms with E-state index in [4.69, 9.17) is 11.6 Å². The molecular formula is C14H21ClN2O. The zero-order chi connectivity index (χ0) is 13.2. The van der Waals surface area contributed by atoms with Crippen molar-refractivity contribution in [3.05, 3.63) is 28.8 Å². The van der Waals surface area contributed by atoms with E-state index in [1.807, 2.05) is 19.2 Å². The average Bonchev–Trinajstić information content (AvgIpc) is 2.37. The molecule has 0 spiro atoms. The molecule has 0 amide bonds. The average molecular weight is 269 g/mol. The third-order valence-electron chi connectivity index (χ3n) is 3.98. The number of hydrogen-bond acceptors (Lipinski definition) is 3. The van der Waals surface area contributed by atoms with E-state index in [0.717, 1.165) is 38.0 Å². The lowest BCUT2D eigenvalue weighted by Gasteiger charge is -2.39. The molecule has 0 unspecified atom stereocenters. The summed E-state index contributed by atoms with van der Waals surface area (Å²) in [5.41, 5.74) is 1.44. The number of hydrogen-bond donors (Lipinski definition) is 2. The third kappa shape index (κ3) is 3.16. The van der Waals surface area contributed by atoms with Gasteiger partial charge in [-0.2, -0.15) is 0 Å². The fourth-order valence-corrected chi connectivity index (χ4v) is 2.56. The number of nitrogens with one attached hydrogen (secondary N) is 1. The van der Waals surface area contributed by atoms with E-state index < -0.39 is 0 Å². The molecule has 3 nitrogen and oxygen atoms in total. The van der Waals surface area contributed by atoms with Crippen LogP contribution >= 0.6 is 11.6 Å². The summed E-state index contributed by atoms with van der Waals surface area (Å²) in [6.45, 7) is 5.37. The molecule has 1 heterocycles. The summed E-state index contributed by atoms with van der Waals surface area (Å²) in [4.78, 5) is 2.43. The zero-order valence-electron chi connectivity index (χ0n) is 11.0. The molecule has 0 radical (unpaired) electrons. The van der Waals surface area contributed by atoms with Crippen LogP contribution in [0.1, 0.15) is 25.3 Å². The Kier molecular flexibility index (Phi) is 4.15. The fraction of sp³-hybridized carbons (Fsp3) is 0.571. The number of phenols is 1. The molecule has 4 heteroatoms. The highest BCUT2D eigenvalue weighted by molar-refractivity contribution is 6.32. The van der Waals surface area contributed by atoms with E-state index in [2.05, 4.69) is 17.1 Å². The molecule has 0 bridgehead atoms. The van der Waals surface area contributed by atoms with E-state index in [1.54, 1.807) is 6.07 Å². The van der Waals surface area contributed by atoms with E-state index in [-0.39, 0.29) is 11.3 Å². The van der Waals surface area contributed by atoms with Gasteiger partial charge in [0.15, 0.2) is 0 Å². The Balaban J connectivity index is 1.93. The van der Waals surface area contributed by atoms with Gasteiger partial charge < -0.3 is 10.4 Å². The zero-order valence-corrected chi connectivity index (χ0v) is 11.8. The highest BCUT2D eigenvalue weighted by Crippen LogP contribution is 2.26. The van der Waals surface area contributed by atoms with Gasteiger partial charge in [-0.15, -0.1) is 0 Å². The van der Waals surface area contributed by atoms with Gasteiger partial charge in [0.1, 0.15) is 5.75 Å². The first kappa shape index (κ1) is 13.7. The number of rotatable bonds is 3. The molecule has 18 heavy (non-hydrogen) atoms. The Labute approximate surface area is 114 Å². The number of aromatic hydroxyl groups is 1. The molecule has 0 aromatic heterocycles. The van der Waals surface area contributed by atoms with Gasteiger partial charge in [0, 0.05) is 25.2 Å². The van der Waals surface area contributed by atoms with E-state index in [9.17, 15) is 5.11 Å². The first-order valence-corrected chi connectivity index (χ1v) is 6.79. The highest BCUT2D eigenvalue weighted by Gasteiger charge is 2.27. The van der Waals surface area contributed by atoms with E-state index >= 15 is 0 Å². The standard InChI is InChI=1S/C14H21ClN2O/c1-14(16-2)5-7-17(8-6-14)10-11-3-4-13(18)12(15)9-11/h3-4,9,16,18H,5-8,10H2,1-2H3. The Morgan fingerprint density at radius 3 is 2.61 bits per heavy atom. The normalized spacial score (nSPS) is 19.9. The lowest BCUT2D eigenvalue weighted by Crippen LogP contribution is -2.49. The van der Waals surface area contributed by atoms with Crippen LogP contribution in [0.2, 0.25) is 5.02 Å². The predicted molar refractivity (Wildman–Crippen MR) is 75.1 cm³/mol. The Morgan fingerprint density at radius 2 is 2.06 bits per heavy atom. The monoisotopic (exact) mass is 268 g/mol. The van der Waals surface area contributed by atoms with Crippen LogP contribution in [-0.2, 0) is 6.54 Å². The van der Waals surface area contributed by atoms with Crippen molar-refractivity contribution in [1.29, 1.82) is 0 Å². The lowest BCUT2D eigenvalue weighted by molar-refractivity contribution is 0.146. The summed E-state index contributed by atoms with van der Waals surface area (Å²) in [5, 5.41) is 13.2. The van der Waals surface area contributed by atoms with Crippen LogP contribution in [0.5, 0.6) is 5.75 Å². The maximum absolute atomic E-state index is 9.40. The number of benzene rings is 1. The smallest absolute Gasteiger partial charge is 0.134 e. The summed E-state index contributed by atoms with van der Waals surface area (Å²) in [5.74, 6) is 0.154. The minimum Gasteiger partial charge on any atom is -0.506 e. The number of phenolic OH excluding ortho intramolecular Hbond substituents is 1. The molecule has 1 fully saturated rings. The van der Waals surface area contributed by atoms with Gasteiger partial charge in [0.2, 0.25) is 0 Å². The minimum absolute atomic E-state index is 0.154. The number of likely N-dealkylation sites (tertiary alicyclic amines) is 1. The fourth-order valence-electron chi connectivity index (χ4n) is 2.36. The van der Waals surface area contributed by atoms with Crippen molar-refractivity contribution in [3.8, 4) is 5.75 Å². The second kappa shape index (κ2) is 5.47. The van der Waals surface area contributed by atoms with Crippen LogP contribution in [0.15, 0.2) is 18.2 Å². The molecule has 0 aliphatic carbocycles. The SMILES string of the molecule is CNC1(C)CCN(Cc2ccc(O)c(Cl)c2)CC1. The summed E-state index contributed by atoms with van der Waals surface area (Å²) < 4.78 is 0. The molecule has 0 atom stereocenters. The molecule has 1 aliphatic rings. The quantitative estimate of drug-likeness (QED) is 0.885. The Bertz CT molecular complexity index is 414.